The summed E-state index contributed by atoms with van der Waals surface area (Å²) < 4.78 is 29.1. The van der Waals surface area contributed by atoms with Crippen LogP contribution < -0.4 is 10.1 Å². The van der Waals surface area contributed by atoms with Crippen molar-refractivity contribution in [3.63, 3.8) is 0 Å². The molecule has 1 heterocycles. The monoisotopic (exact) mass is 283 g/mol. The number of ether oxygens (including phenoxy) is 1. The summed E-state index contributed by atoms with van der Waals surface area (Å²) in [5.74, 6) is 0.0669. The third-order valence-corrected chi connectivity index (χ3v) is 3.77. The van der Waals surface area contributed by atoms with Crippen LogP contribution in [0.1, 0.15) is 45.1 Å². The fraction of sp³-hybridized carbons (Fsp3) is 0.533. The molecule has 3 nitrogen and oxygen atoms in total. The number of amides is 1. The number of fused-ring (bicyclic) bond motifs is 1. The highest BCUT2D eigenvalue weighted by molar-refractivity contribution is 6.06. The Labute approximate surface area is 117 Å². The molecule has 0 bridgehead atoms. The molecule has 0 atom stereocenters. The highest BCUT2D eigenvalue weighted by atomic mass is 19.3. The number of carbonyl (C=O) groups excluding carboxylic acids is 1. The van der Waals surface area contributed by atoms with Gasteiger partial charge in [-0.25, -0.2) is 0 Å². The zero-order valence-electron chi connectivity index (χ0n) is 11.7. The van der Waals surface area contributed by atoms with E-state index in [0.717, 1.165) is 18.4 Å². The van der Waals surface area contributed by atoms with E-state index in [-0.39, 0.29) is 11.7 Å². The van der Waals surface area contributed by atoms with Crippen LogP contribution in [0.3, 0.4) is 0 Å². The van der Waals surface area contributed by atoms with Crippen molar-refractivity contribution in [1.29, 1.82) is 0 Å². The molecule has 0 aliphatic carbocycles. The number of alkyl halides is 2. The molecule has 1 aliphatic heterocycles. The molecule has 1 aromatic carbocycles. The fourth-order valence-corrected chi connectivity index (χ4v) is 3.04. The van der Waals surface area contributed by atoms with Crippen molar-refractivity contribution in [2.75, 3.05) is 5.32 Å². The molecule has 0 spiro atoms. The van der Waals surface area contributed by atoms with Crippen molar-refractivity contribution in [3.05, 3.63) is 23.8 Å². The molecule has 1 N–H and O–H groups in total. The van der Waals surface area contributed by atoms with Crippen molar-refractivity contribution in [3.8, 4) is 5.75 Å². The number of carbonyl (C=O) groups is 1. The maximum absolute atomic E-state index is 12.4. The normalized spacial score (nSPS) is 16.1. The van der Waals surface area contributed by atoms with Crippen LogP contribution in [0.15, 0.2) is 18.2 Å². The van der Waals surface area contributed by atoms with Crippen LogP contribution in [0.25, 0.3) is 0 Å². The second-order valence-corrected chi connectivity index (χ2v) is 5.12. The summed E-state index contributed by atoms with van der Waals surface area (Å²) in [4.78, 5) is 12.4. The lowest BCUT2D eigenvalue weighted by molar-refractivity contribution is -0.121. The smallest absolute Gasteiger partial charge is 0.387 e. The van der Waals surface area contributed by atoms with Gasteiger partial charge in [0, 0.05) is 5.69 Å². The minimum absolute atomic E-state index is 0.0367. The van der Waals surface area contributed by atoms with Gasteiger partial charge in [0.25, 0.3) is 0 Å². The van der Waals surface area contributed by atoms with Crippen molar-refractivity contribution in [2.24, 2.45) is 0 Å². The van der Waals surface area contributed by atoms with Gasteiger partial charge < -0.3 is 10.1 Å². The molecule has 0 fully saturated rings. The molecule has 2 rings (SSSR count). The fourth-order valence-electron chi connectivity index (χ4n) is 3.04. The second-order valence-electron chi connectivity index (χ2n) is 5.12. The summed E-state index contributed by atoms with van der Waals surface area (Å²) in [7, 11) is 0. The number of hydrogen-bond acceptors (Lipinski definition) is 2. The zero-order chi connectivity index (χ0) is 14.8. The molecule has 0 saturated heterocycles. The molecule has 1 aliphatic rings. The van der Waals surface area contributed by atoms with Crippen LogP contribution >= 0.6 is 0 Å². The quantitative estimate of drug-likeness (QED) is 0.854. The summed E-state index contributed by atoms with van der Waals surface area (Å²) in [5, 5.41) is 2.86. The average Bonchev–Trinajstić information content (AvgIpc) is 2.63. The molecule has 0 radical (unpaired) electrons. The number of rotatable bonds is 6. The SMILES string of the molecule is CCCC1(CCC)C(=O)Nc2ccc(OC(F)F)cc21. The Morgan fingerprint density at radius 3 is 2.45 bits per heavy atom. The molecule has 0 unspecified atom stereocenters. The van der Waals surface area contributed by atoms with Crippen LogP contribution in [-0.2, 0) is 10.2 Å². The van der Waals surface area contributed by atoms with Gasteiger partial charge in [0.1, 0.15) is 5.75 Å². The molecule has 110 valence electrons. The Hall–Kier alpha value is -1.65. The van der Waals surface area contributed by atoms with E-state index in [0.29, 0.717) is 18.5 Å². The van der Waals surface area contributed by atoms with E-state index in [2.05, 4.69) is 10.1 Å². The Kier molecular flexibility index (Phi) is 4.26. The maximum Gasteiger partial charge on any atom is 0.387 e. The van der Waals surface area contributed by atoms with E-state index in [1.807, 2.05) is 13.8 Å². The van der Waals surface area contributed by atoms with E-state index in [9.17, 15) is 13.6 Å². The van der Waals surface area contributed by atoms with Gasteiger partial charge in [-0.2, -0.15) is 8.78 Å². The Balaban J connectivity index is 2.44. The number of halogens is 2. The summed E-state index contributed by atoms with van der Waals surface area (Å²) in [5.41, 5.74) is 0.878. The minimum atomic E-state index is -2.86. The lowest BCUT2D eigenvalue weighted by Crippen LogP contribution is -2.34. The highest BCUT2D eigenvalue weighted by Gasteiger charge is 2.45. The lowest BCUT2D eigenvalue weighted by atomic mass is 9.74. The van der Waals surface area contributed by atoms with Gasteiger partial charge in [-0.1, -0.05) is 26.7 Å². The number of nitrogens with one attached hydrogen (secondary N) is 1. The molecule has 0 saturated carbocycles. The van der Waals surface area contributed by atoms with Gasteiger partial charge >= 0.3 is 6.61 Å². The summed E-state index contributed by atoms with van der Waals surface area (Å²) in [6.07, 6.45) is 3.12. The molecular weight excluding hydrogens is 264 g/mol. The van der Waals surface area contributed by atoms with Gasteiger partial charge in [-0.15, -0.1) is 0 Å². The molecule has 1 amide bonds. The Morgan fingerprint density at radius 1 is 1.25 bits per heavy atom. The second kappa shape index (κ2) is 5.77. The molecule has 5 heteroatoms. The van der Waals surface area contributed by atoms with E-state index in [1.165, 1.54) is 6.07 Å². The third-order valence-electron chi connectivity index (χ3n) is 3.77. The first kappa shape index (κ1) is 14.8. The predicted molar refractivity (Wildman–Crippen MR) is 73.2 cm³/mol. The van der Waals surface area contributed by atoms with E-state index in [1.54, 1.807) is 12.1 Å². The van der Waals surface area contributed by atoms with Crippen molar-refractivity contribution in [2.45, 2.75) is 51.6 Å². The maximum atomic E-state index is 12.4. The molecule has 20 heavy (non-hydrogen) atoms. The topological polar surface area (TPSA) is 38.3 Å². The van der Waals surface area contributed by atoms with Crippen molar-refractivity contribution < 1.29 is 18.3 Å². The number of hydrogen-bond donors (Lipinski definition) is 1. The van der Waals surface area contributed by atoms with Crippen LogP contribution in [0.2, 0.25) is 0 Å². The summed E-state index contributed by atoms with van der Waals surface area (Å²) >= 11 is 0. The zero-order valence-corrected chi connectivity index (χ0v) is 11.7. The van der Waals surface area contributed by atoms with E-state index in [4.69, 9.17) is 0 Å². The van der Waals surface area contributed by atoms with Crippen molar-refractivity contribution >= 4 is 11.6 Å². The summed E-state index contributed by atoms with van der Waals surface area (Å²) in [6.45, 7) is 1.18. The minimum Gasteiger partial charge on any atom is -0.435 e. The third kappa shape index (κ3) is 2.49. The highest BCUT2D eigenvalue weighted by Crippen LogP contribution is 2.45. The molecular formula is C15H19F2NO2. The Morgan fingerprint density at radius 2 is 1.90 bits per heavy atom. The van der Waals surface area contributed by atoms with Crippen LogP contribution in [-0.4, -0.2) is 12.5 Å². The predicted octanol–water partition coefficient (Wildman–Crippen LogP) is 4.08. The van der Waals surface area contributed by atoms with Gasteiger partial charge in [0.2, 0.25) is 5.91 Å². The summed E-state index contributed by atoms with van der Waals surface area (Å²) in [6, 6.07) is 4.67. The number of benzene rings is 1. The van der Waals surface area contributed by atoms with E-state index >= 15 is 0 Å². The van der Waals surface area contributed by atoms with Gasteiger partial charge in [-0.3, -0.25) is 4.79 Å². The van der Waals surface area contributed by atoms with Crippen LogP contribution in [0.4, 0.5) is 14.5 Å². The first-order chi connectivity index (χ1) is 9.53. The first-order valence-electron chi connectivity index (χ1n) is 6.94. The lowest BCUT2D eigenvalue weighted by Gasteiger charge is -2.26. The standard InChI is InChI=1S/C15H19F2NO2/c1-3-7-15(8-4-2)11-9-10(20-14(16)17)5-6-12(11)18-13(15)19/h5-6,9,14H,3-4,7-8H2,1-2H3,(H,18,19). The number of anilines is 1. The Bertz CT molecular complexity index is 497. The van der Waals surface area contributed by atoms with Crippen molar-refractivity contribution in [1.82, 2.24) is 0 Å². The van der Waals surface area contributed by atoms with Gasteiger partial charge in [-0.05, 0) is 36.6 Å². The van der Waals surface area contributed by atoms with Gasteiger partial charge in [0.05, 0.1) is 5.41 Å². The van der Waals surface area contributed by atoms with Crippen LogP contribution in [0, 0.1) is 0 Å². The van der Waals surface area contributed by atoms with Crippen LogP contribution in [0.5, 0.6) is 5.75 Å². The largest absolute Gasteiger partial charge is 0.435 e. The molecule has 1 aromatic rings. The van der Waals surface area contributed by atoms with E-state index < -0.39 is 12.0 Å². The average molecular weight is 283 g/mol. The first-order valence-corrected chi connectivity index (χ1v) is 6.94. The van der Waals surface area contributed by atoms with Gasteiger partial charge in [0.15, 0.2) is 0 Å². The molecule has 0 aromatic heterocycles.